The molecule has 1 aromatic heterocycles. The molecule has 208 valence electrons. The fraction of sp³-hybridized carbons (Fsp3) is 0.455. The molecule has 0 aliphatic carbocycles. The summed E-state index contributed by atoms with van der Waals surface area (Å²) in [5.74, 6) is -0.366. The highest BCUT2D eigenvalue weighted by molar-refractivity contribution is 7.16. The van der Waals surface area contributed by atoms with Crippen molar-refractivity contribution in [2.45, 2.75) is 78.9 Å². The predicted octanol–water partition coefficient (Wildman–Crippen LogP) is 8.20. The van der Waals surface area contributed by atoms with Crippen molar-refractivity contribution in [2.24, 2.45) is 0 Å². The number of carbonyl (C=O) groups is 1. The Morgan fingerprint density at radius 2 is 1.67 bits per heavy atom. The third-order valence-electron chi connectivity index (χ3n) is 6.45. The Morgan fingerprint density at radius 3 is 2.31 bits per heavy atom. The summed E-state index contributed by atoms with van der Waals surface area (Å²) in [6, 6.07) is 19.3. The molecule has 1 amide bonds. The molecule has 0 saturated carbocycles. The van der Waals surface area contributed by atoms with Gasteiger partial charge in [-0.1, -0.05) is 32.0 Å². The third-order valence-corrected chi connectivity index (χ3v) is 7.53. The maximum Gasteiger partial charge on any atom is 0.262 e. The molecule has 2 aromatic carbocycles. The molecule has 39 heavy (non-hydrogen) atoms. The van der Waals surface area contributed by atoms with Crippen LogP contribution in [0.2, 0.25) is 0 Å². The minimum atomic E-state index is -0.492. The summed E-state index contributed by atoms with van der Waals surface area (Å²) in [5.41, 5.74) is 1.78. The van der Waals surface area contributed by atoms with Crippen LogP contribution in [-0.4, -0.2) is 36.7 Å². The fourth-order valence-electron chi connectivity index (χ4n) is 4.42. The minimum Gasteiger partial charge on any atom is -0.376 e. The van der Waals surface area contributed by atoms with Gasteiger partial charge in [0, 0.05) is 40.7 Å². The molecule has 3 aromatic rings. The molecule has 1 heterocycles. The second kappa shape index (κ2) is 13.3. The SMILES string of the molecule is CCCN(CCC)c1ccc2cc(-c3ccc(/C=C(\C#N)C(=O)NC(C)(C)CCOC(C)(C)C)s3)ccc2c1. The van der Waals surface area contributed by atoms with Crippen LogP contribution in [0.3, 0.4) is 0 Å². The zero-order chi connectivity index (χ0) is 28.6. The Kier molecular flexibility index (Phi) is 10.4. The number of ether oxygens (including phenoxy) is 1. The van der Waals surface area contributed by atoms with Crippen LogP contribution in [-0.2, 0) is 9.53 Å². The zero-order valence-electron chi connectivity index (χ0n) is 24.6. The van der Waals surface area contributed by atoms with Crippen LogP contribution < -0.4 is 10.2 Å². The highest BCUT2D eigenvalue weighted by Gasteiger charge is 2.23. The van der Waals surface area contributed by atoms with E-state index in [0.717, 1.165) is 41.2 Å². The molecule has 0 spiro atoms. The topological polar surface area (TPSA) is 65.4 Å². The number of anilines is 1. The van der Waals surface area contributed by atoms with Crippen molar-refractivity contribution in [3.05, 3.63) is 59.0 Å². The van der Waals surface area contributed by atoms with Crippen LogP contribution in [0.5, 0.6) is 0 Å². The minimum absolute atomic E-state index is 0.1000. The molecular weight excluding hydrogens is 502 g/mol. The van der Waals surface area contributed by atoms with Crippen molar-refractivity contribution in [1.29, 1.82) is 5.26 Å². The molecule has 0 fully saturated rings. The molecule has 0 radical (unpaired) electrons. The molecule has 5 nitrogen and oxygen atoms in total. The maximum absolute atomic E-state index is 12.9. The predicted molar refractivity (Wildman–Crippen MR) is 166 cm³/mol. The van der Waals surface area contributed by atoms with E-state index < -0.39 is 5.54 Å². The van der Waals surface area contributed by atoms with Crippen LogP contribution in [0, 0.1) is 11.3 Å². The number of benzene rings is 2. The summed E-state index contributed by atoms with van der Waals surface area (Å²) in [7, 11) is 0. The standard InChI is InChI=1S/C33H43N3O2S/c1-8-17-36(18-9-2)28-13-12-24-20-26(11-10-25(24)21-28)30-15-14-29(39-30)22-27(23-34)31(37)35-33(6,7)16-19-38-32(3,4)5/h10-15,20-22H,8-9,16-19H2,1-7H3,(H,35,37)/b27-22+. The van der Waals surface area contributed by atoms with Gasteiger partial charge in [-0.05, 0) is 107 Å². The van der Waals surface area contributed by atoms with Gasteiger partial charge in [-0.15, -0.1) is 11.3 Å². The van der Waals surface area contributed by atoms with Crippen molar-refractivity contribution in [1.82, 2.24) is 5.32 Å². The van der Waals surface area contributed by atoms with Gasteiger partial charge in [0.05, 0.1) is 5.60 Å². The van der Waals surface area contributed by atoms with Crippen LogP contribution in [0.25, 0.3) is 27.3 Å². The van der Waals surface area contributed by atoms with Crippen LogP contribution in [0.4, 0.5) is 5.69 Å². The molecule has 0 atom stereocenters. The quantitative estimate of drug-likeness (QED) is 0.184. The highest BCUT2D eigenvalue weighted by Crippen LogP contribution is 2.33. The van der Waals surface area contributed by atoms with E-state index in [1.807, 2.05) is 40.7 Å². The molecule has 1 N–H and O–H groups in total. The number of nitrogens with zero attached hydrogens (tertiary/aromatic N) is 2. The Hall–Kier alpha value is -3.14. The maximum atomic E-state index is 12.9. The summed E-state index contributed by atoms with van der Waals surface area (Å²) >= 11 is 1.58. The summed E-state index contributed by atoms with van der Waals surface area (Å²) in [6.07, 6.45) is 4.59. The highest BCUT2D eigenvalue weighted by atomic mass is 32.1. The largest absolute Gasteiger partial charge is 0.376 e. The molecular formula is C33H43N3O2S. The normalized spacial score (nSPS) is 12.4. The summed E-state index contributed by atoms with van der Waals surface area (Å²) < 4.78 is 5.81. The average Bonchev–Trinajstić information content (AvgIpc) is 3.34. The number of hydrogen-bond donors (Lipinski definition) is 1. The van der Waals surface area contributed by atoms with Crippen LogP contribution in [0.15, 0.2) is 54.1 Å². The first-order chi connectivity index (χ1) is 18.4. The van der Waals surface area contributed by atoms with Gasteiger partial charge in [-0.3, -0.25) is 4.79 Å². The van der Waals surface area contributed by atoms with E-state index in [4.69, 9.17) is 4.74 Å². The second-order valence-corrected chi connectivity index (χ2v) is 12.8. The number of fused-ring (bicyclic) bond motifs is 1. The molecule has 0 aliphatic rings. The Morgan fingerprint density at radius 1 is 1.00 bits per heavy atom. The first kappa shape index (κ1) is 30.4. The van der Waals surface area contributed by atoms with E-state index in [0.29, 0.717) is 13.0 Å². The Bertz CT molecular complexity index is 1330. The van der Waals surface area contributed by atoms with Gasteiger partial charge < -0.3 is 15.0 Å². The summed E-state index contributed by atoms with van der Waals surface area (Å²) in [6.45, 7) is 17.0. The van der Waals surface area contributed by atoms with Crippen molar-refractivity contribution >= 4 is 39.8 Å². The van der Waals surface area contributed by atoms with E-state index in [1.54, 1.807) is 17.4 Å². The third kappa shape index (κ3) is 8.95. The van der Waals surface area contributed by atoms with Crippen molar-refractivity contribution < 1.29 is 9.53 Å². The molecule has 0 unspecified atom stereocenters. The van der Waals surface area contributed by atoms with E-state index in [9.17, 15) is 10.1 Å². The second-order valence-electron chi connectivity index (χ2n) is 11.7. The number of nitrogens with one attached hydrogen (secondary N) is 1. The van der Waals surface area contributed by atoms with E-state index in [2.05, 4.69) is 72.6 Å². The number of nitriles is 1. The molecule has 0 bridgehead atoms. The number of thiophene rings is 1. The zero-order valence-corrected chi connectivity index (χ0v) is 25.4. The van der Waals surface area contributed by atoms with Gasteiger partial charge in [0.2, 0.25) is 0 Å². The van der Waals surface area contributed by atoms with E-state index in [-0.39, 0.29) is 17.1 Å². The lowest BCUT2D eigenvalue weighted by atomic mass is 10.00. The number of rotatable bonds is 12. The average molecular weight is 546 g/mol. The molecule has 6 heteroatoms. The van der Waals surface area contributed by atoms with Crippen molar-refractivity contribution in [3.63, 3.8) is 0 Å². The summed E-state index contributed by atoms with van der Waals surface area (Å²) in [4.78, 5) is 17.3. The van der Waals surface area contributed by atoms with Gasteiger partial charge in [-0.25, -0.2) is 0 Å². The first-order valence-corrected chi connectivity index (χ1v) is 14.7. The lowest BCUT2D eigenvalue weighted by Gasteiger charge is -2.28. The number of carbonyl (C=O) groups excluding carboxylic acids is 1. The van der Waals surface area contributed by atoms with Crippen molar-refractivity contribution in [3.8, 4) is 16.5 Å². The number of amides is 1. The van der Waals surface area contributed by atoms with E-state index >= 15 is 0 Å². The lowest BCUT2D eigenvalue weighted by Crippen LogP contribution is -2.45. The van der Waals surface area contributed by atoms with Crippen LogP contribution in [0.1, 0.15) is 72.6 Å². The Balaban J connectivity index is 1.74. The van der Waals surface area contributed by atoms with Gasteiger partial charge in [0.15, 0.2) is 0 Å². The smallest absolute Gasteiger partial charge is 0.262 e. The fourth-order valence-corrected chi connectivity index (χ4v) is 5.37. The molecule has 0 aliphatic heterocycles. The monoisotopic (exact) mass is 545 g/mol. The molecule has 3 rings (SSSR count). The van der Waals surface area contributed by atoms with Gasteiger partial charge in [0.1, 0.15) is 11.6 Å². The van der Waals surface area contributed by atoms with Crippen molar-refractivity contribution in [2.75, 3.05) is 24.6 Å². The molecule has 0 saturated heterocycles. The first-order valence-electron chi connectivity index (χ1n) is 13.9. The lowest BCUT2D eigenvalue weighted by molar-refractivity contribution is -0.118. The van der Waals surface area contributed by atoms with Gasteiger partial charge in [0.25, 0.3) is 5.91 Å². The summed E-state index contributed by atoms with van der Waals surface area (Å²) in [5, 5.41) is 15.1. The van der Waals surface area contributed by atoms with Gasteiger partial charge >= 0.3 is 0 Å². The number of hydrogen-bond acceptors (Lipinski definition) is 5. The van der Waals surface area contributed by atoms with E-state index in [1.165, 1.54) is 16.5 Å². The van der Waals surface area contributed by atoms with Crippen LogP contribution >= 0.6 is 11.3 Å². The Labute approximate surface area is 238 Å². The van der Waals surface area contributed by atoms with Gasteiger partial charge in [-0.2, -0.15) is 5.26 Å².